The Kier molecular flexibility index (Phi) is 4.27. The van der Waals surface area contributed by atoms with Crippen molar-refractivity contribution in [1.29, 1.82) is 0 Å². The molecular weight excluding hydrogens is 283 g/mol. The number of aromatic amines is 1. The second kappa shape index (κ2) is 6.51. The van der Waals surface area contributed by atoms with Gasteiger partial charge in [0.25, 0.3) is 0 Å². The Morgan fingerprint density at radius 2 is 2.18 bits per heavy atom. The molecule has 6 heteroatoms. The van der Waals surface area contributed by atoms with Crippen molar-refractivity contribution >= 4 is 5.91 Å². The average molecular weight is 300 g/mol. The maximum absolute atomic E-state index is 12.9. The van der Waals surface area contributed by atoms with Crippen LogP contribution in [0.2, 0.25) is 0 Å². The van der Waals surface area contributed by atoms with E-state index in [-0.39, 0.29) is 11.7 Å². The van der Waals surface area contributed by atoms with Gasteiger partial charge in [0.1, 0.15) is 11.6 Å². The number of benzene rings is 1. The van der Waals surface area contributed by atoms with Crippen LogP contribution >= 0.6 is 0 Å². The molecule has 114 valence electrons. The fourth-order valence-corrected chi connectivity index (χ4v) is 2.46. The third kappa shape index (κ3) is 3.58. The Morgan fingerprint density at radius 3 is 2.91 bits per heavy atom. The molecule has 5 nitrogen and oxygen atoms in total. The number of carbonyl (C=O) groups excluding carboxylic acids is 1. The van der Waals surface area contributed by atoms with Crippen LogP contribution in [0.25, 0.3) is 11.4 Å². The summed E-state index contributed by atoms with van der Waals surface area (Å²) in [7, 11) is 0. The van der Waals surface area contributed by atoms with Gasteiger partial charge in [0.2, 0.25) is 5.91 Å². The first-order valence-electron chi connectivity index (χ1n) is 7.31. The van der Waals surface area contributed by atoms with Crippen molar-refractivity contribution in [2.45, 2.75) is 25.8 Å². The summed E-state index contributed by atoms with van der Waals surface area (Å²) >= 11 is 0. The monoisotopic (exact) mass is 300 g/mol. The van der Waals surface area contributed by atoms with Crippen LogP contribution in [0, 0.1) is 11.7 Å². The Hall–Kier alpha value is -2.50. The predicted molar refractivity (Wildman–Crippen MR) is 80.1 cm³/mol. The highest BCUT2D eigenvalue weighted by molar-refractivity contribution is 5.76. The number of H-pyrrole nitrogens is 1. The molecule has 0 saturated heterocycles. The number of amides is 1. The number of nitrogens with one attached hydrogen (secondary N) is 2. The van der Waals surface area contributed by atoms with Gasteiger partial charge < -0.3 is 5.32 Å². The van der Waals surface area contributed by atoms with E-state index in [2.05, 4.69) is 32.7 Å². The number of rotatable bonds is 5. The molecule has 0 bridgehead atoms. The fourth-order valence-electron chi connectivity index (χ4n) is 2.46. The summed E-state index contributed by atoms with van der Waals surface area (Å²) in [6, 6.07) is 5.96. The average Bonchev–Trinajstić information content (AvgIpc) is 3.17. The van der Waals surface area contributed by atoms with Gasteiger partial charge >= 0.3 is 0 Å². The van der Waals surface area contributed by atoms with Crippen molar-refractivity contribution in [2.24, 2.45) is 5.92 Å². The van der Waals surface area contributed by atoms with E-state index >= 15 is 0 Å². The Morgan fingerprint density at radius 1 is 1.36 bits per heavy atom. The van der Waals surface area contributed by atoms with Crippen LogP contribution in [0.15, 0.2) is 36.4 Å². The highest BCUT2D eigenvalue weighted by Crippen LogP contribution is 2.20. The molecule has 2 aromatic rings. The van der Waals surface area contributed by atoms with E-state index in [1.165, 1.54) is 12.1 Å². The normalized spacial score (nSPS) is 16.9. The third-order valence-electron chi connectivity index (χ3n) is 3.65. The second-order valence-electron chi connectivity index (χ2n) is 5.36. The Balaban J connectivity index is 1.54. The minimum atomic E-state index is -0.298. The lowest BCUT2D eigenvalue weighted by molar-refractivity contribution is -0.121. The molecule has 0 aliphatic heterocycles. The van der Waals surface area contributed by atoms with E-state index in [4.69, 9.17) is 0 Å². The van der Waals surface area contributed by atoms with Crippen LogP contribution in [-0.2, 0) is 11.3 Å². The molecule has 3 rings (SSSR count). The summed E-state index contributed by atoms with van der Waals surface area (Å²) in [6.45, 7) is 0.309. The molecule has 0 saturated carbocycles. The highest BCUT2D eigenvalue weighted by Gasteiger charge is 2.14. The van der Waals surface area contributed by atoms with Crippen LogP contribution in [0.3, 0.4) is 0 Å². The number of hydrogen-bond acceptors (Lipinski definition) is 3. The molecular formula is C16H17FN4O. The third-order valence-corrected chi connectivity index (χ3v) is 3.65. The molecule has 0 radical (unpaired) electrons. The van der Waals surface area contributed by atoms with Crippen molar-refractivity contribution in [2.75, 3.05) is 0 Å². The molecule has 1 aromatic carbocycles. The van der Waals surface area contributed by atoms with Gasteiger partial charge in [-0.2, -0.15) is 5.10 Å². The Labute approximate surface area is 127 Å². The minimum Gasteiger partial charge on any atom is -0.349 e. The number of carbonyl (C=O) groups is 1. The molecule has 1 heterocycles. The van der Waals surface area contributed by atoms with E-state index in [0.717, 1.165) is 18.4 Å². The maximum atomic E-state index is 12.9. The lowest BCUT2D eigenvalue weighted by Gasteiger charge is -2.07. The molecule has 22 heavy (non-hydrogen) atoms. The van der Waals surface area contributed by atoms with Gasteiger partial charge in [-0.3, -0.25) is 9.89 Å². The molecule has 1 aromatic heterocycles. The molecule has 0 spiro atoms. The van der Waals surface area contributed by atoms with Crippen molar-refractivity contribution in [1.82, 2.24) is 20.5 Å². The van der Waals surface area contributed by atoms with Crippen LogP contribution < -0.4 is 5.32 Å². The van der Waals surface area contributed by atoms with E-state index in [1.807, 2.05) is 0 Å². The van der Waals surface area contributed by atoms with Crippen molar-refractivity contribution in [3.63, 3.8) is 0 Å². The van der Waals surface area contributed by atoms with Crippen LogP contribution in [0.1, 0.15) is 25.1 Å². The number of aromatic nitrogens is 3. The zero-order valence-electron chi connectivity index (χ0n) is 12.1. The first kappa shape index (κ1) is 14.4. The summed E-state index contributed by atoms with van der Waals surface area (Å²) < 4.78 is 12.9. The van der Waals surface area contributed by atoms with Gasteiger partial charge in [0, 0.05) is 12.0 Å². The second-order valence-corrected chi connectivity index (χ2v) is 5.36. The summed E-state index contributed by atoms with van der Waals surface area (Å²) in [5.41, 5.74) is 0.728. The van der Waals surface area contributed by atoms with E-state index in [9.17, 15) is 9.18 Å². The first-order valence-corrected chi connectivity index (χ1v) is 7.31. The predicted octanol–water partition coefficient (Wildman–Crippen LogP) is 2.58. The van der Waals surface area contributed by atoms with Gasteiger partial charge in [-0.15, -0.1) is 0 Å². The fraction of sp³-hybridized carbons (Fsp3) is 0.312. The SMILES string of the molecule is O=C(C[C@@H]1C=CCC1)NCc1nc(-c2ccc(F)cc2)n[nH]1. The first-order chi connectivity index (χ1) is 10.7. The summed E-state index contributed by atoms with van der Waals surface area (Å²) in [5, 5.41) is 9.69. The van der Waals surface area contributed by atoms with Crippen molar-refractivity contribution < 1.29 is 9.18 Å². The van der Waals surface area contributed by atoms with E-state index in [1.54, 1.807) is 12.1 Å². The van der Waals surface area contributed by atoms with E-state index < -0.39 is 0 Å². The minimum absolute atomic E-state index is 0.0104. The molecule has 1 aliphatic rings. The van der Waals surface area contributed by atoms with Gasteiger partial charge in [-0.1, -0.05) is 12.2 Å². The number of nitrogens with zero attached hydrogens (tertiary/aromatic N) is 2. The molecule has 1 aliphatic carbocycles. The zero-order chi connectivity index (χ0) is 15.4. The van der Waals surface area contributed by atoms with Crippen LogP contribution in [-0.4, -0.2) is 21.1 Å². The van der Waals surface area contributed by atoms with Gasteiger partial charge in [-0.25, -0.2) is 9.37 Å². The topological polar surface area (TPSA) is 70.7 Å². The highest BCUT2D eigenvalue weighted by atomic mass is 19.1. The van der Waals surface area contributed by atoms with Gasteiger partial charge in [0.05, 0.1) is 6.54 Å². The van der Waals surface area contributed by atoms with Gasteiger partial charge in [-0.05, 0) is 43.0 Å². The molecule has 0 unspecified atom stereocenters. The molecule has 1 atom stereocenters. The largest absolute Gasteiger partial charge is 0.349 e. The maximum Gasteiger partial charge on any atom is 0.220 e. The van der Waals surface area contributed by atoms with Crippen LogP contribution in [0.4, 0.5) is 4.39 Å². The molecule has 0 fully saturated rings. The summed E-state index contributed by atoms with van der Waals surface area (Å²) in [5.74, 6) is 1.13. The van der Waals surface area contributed by atoms with Crippen LogP contribution in [0.5, 0.6) is 0 Å². The summed E-state index contributed by atoms with van der Waals surface area (Å²) in [6.07, 6.45) is 6.82. The standard InChI is InChI=1S/C16H17FN4O/c17-13-7-5-12(6-8-13)16-19-14(20-21-16)10-18-15(22)9-11-3-1-2-4-11/h1,3,5-8,11H,2,4,9-10H2,(H,18,22)(H,19,20,21)/t11-/m1/s1. The van der Waals surface area contributed by atoms with Crippen molar-refractivity contribution in [3.8, 4) is 11.4 Å². The lowest BCUT2D eigenvalue weighted by Crippen LogP contribution is -2.24. The number of allylic oxidation sites excluding steroid dienone is 2. The lowest BCUT2D eigenvalue weighted by atomic mass is 10.1. The zero-order valence-corrected chi connectivity index (χ0v) is 12.1. The molecule has 1 amide bonds. The quantitative estimate of drug-likeness (QED) is 0.834. The van der Waals surface area contributed by atoms with Crippen molar-refractivity contribution in [3.05, 3.63) is 48.1 Å². The van der Waals surface area contributed by atoms with Gasteiger partial charge in [0.15, 0.2) is 5.82 Å². The number of halogens is 1. The van der Waals surface area contributed by atoms with E-state index in [0.29, 0.717) is 30.5 Å². The summed E-state index contributed by atoms with van der Waals surface area (Å²) in [4.78, 5) is 16.1. The smallest absolute Gasteiger partial charge is 0.220 e. The molecule has 2 N–H and O–H groups in total. The number of hydrogen-bond donors (Lipinski definition) is 2. The Bertz CT molecular complexity index is 678.